The van der Waals surface area contributed by atoms with Gasteiger partial charge in [-0.3, -0.25) is 9.59 Å². The summed E-state index contributed by atoms with van der Waals surface area (Å²) in [7, 11) is 0. The van der Waals surface area contributed by atoms with Crippen LogP contribution in [0.25, 0.3) is 0 Å². The minimum atomic E-state index is -1.46. The van der Waals surface area contributed by atoms with Gasteiger partial charge in [-0.25, -0.2) is 4.79 Å². The van der Waals surface area contributed by atoms with Crippen molar-refractivity contribution >= 4 is 46.5 Å². The van der Waals surface area contributed by atoms with E-state index in [-0.39, 0.29) is 22.0 Å². The molecule has 8 heteroatoms. The van der Waals surface area contributed by atoms with Gasteiger partial charge in [-0.2, -0.15) is 0 Å². The fourth-order valence-electron chi connectivity index (χ4n) is 2.22. The van der Waals surface area contributed by atoms with Gasteiger partial charge >= 0.3 is 5.97 Å². The third-order valence-electron chi connectivity index (χ3n) is 3.76. The number of amides is 1. The second-order valence-electron chi connectivity index (χ2n) is 7.06. The summed E-state index contributed by atoms with van der Waals surface area (Å²) in [4.78, 5) is 36.5. The maximum absolute atomic E-state index is 12.8. The first-order valence-corrected chi connectivity index (χ1v) is 9.05. The number of carbonyl (C=O) groups is 3. The molecule has 0 heterocycles. The second-order valence-corrected chi connectivity index (χ2v) is 7.90. The molecule has 6 nitrogen and oxygen atoms in total. The summed E-state index contributed by atoms with van der Waals surface area (Å²) >= 11 is 11.9. The Morgan fingerprint density at radius 3 is 2.14 bits per heavy atom. The molecule has 0 aliphatic carbocycles. The first kappa shape index (κ1) is 21.7. The average Bonchev–Trinajstić information content (AvgIpc) is 2.61. The lowest BCUT2D eigenvalue weighted by molar-refractivity contribution is -0.140. The molecule has 148 valence electrons. The molecule has 2 rings (SSSR count). The summed E-state index contributed by atoms with van der Waals surface area (Å²) in [6.45, 7) is 5.01. The largest absolute Gasteiger partial charge is 0.478 e. The molecule has 0 fully saturated rings. The van der Waals surface area contributed by atoms with E-state index in [9.17, 15) is 14.4 Å². The number of rotatable bonds is 6. The Morgan fingerprint density at radius 1 is 1.04 bits per heavy atom. The Morgan fingerprint density at radius 2 is 1.64 bits per heavy atom. The molecule has 28 heavy (non-hydrogen) atoms. The van der Waals surface area contributed by atoms with Gasteiger partial charge in [0.2, 0.25) is 6.10 Å². The molecule has 0 spiro atoms. The van der Waals surface area contributed by atoms with E-state index in [1.807, 2.05) is 0 Å². The number of ether oxygens (including phenoxy) is 1. The normalized spacial score (nSPS) is 12.2. The number of benzene rings is 2. The van der Waals surface area contributed by atoms with Gasteiger partial charge in [0.15, 0.2) is 5.78 Å². The van der Waals surface area contributed by atoms with Gasteiger partial charge in [-0.05, 0) is 42.5 Å². The van der Waals surface area contributed by atoms with Crippen molar-refractivity contribution in [2.24, 2.45) is 5.41 Å². The number of hydrogen-bond acceptors (Lipinski definition) is 4. The van der Waals surface area contributed by atoms with E-state index in [4.69, 9.17) is 33.0 Å². The standard InChI is InChI=1S/C20H19Cl2NO5/c1-20(2,3)17(24)16(28-13-7-4-11(5-8-13)19(26)27)18(25)23-15-9-6-12(21)10-14(15)22/h4-10,16H,1-3H3,(H,23,25)(H,26,27)/t16-/m0/s1. The first-order chi connectivity index (χ1) is 13.0. The summed E-state index contributed by atoms with van der Waals surface area (Å²) in [5.74, 6) is -2.06. The van der Waals surface area contributed by atoms with E-state index in [1.54, 1.807) is 26.8 Å². The van der Waals surface area contributed by atoms with Crippen LogP contribution in [0, 0.1) is 5.41 Å². The van der Waals surface area contributed by atoms with Gasteiger partial charge in [-0.15, -0.1) is 0 Å². The lowest BCUT2D eigenvalue weighted by Crippen LogP contribution is -2.45. The molecule has 0 radical (unpaired) electrons. The number of aromatic carboxylic acids is 1. The Bertz CT molecular complexity index is 904. The van der Waals surface area contributed by atoms with Crippen molar-refractivity contribution in [1.82, 2.24) is 0 Å². The second kappa shape index (κ2) is 8.63. The van der Waals surface area contributed by atoms with Crippen LogP contribution in [-0.2, 0) is 9.59 Å². The Balaban J connectivity index is 2.29. The smallest absolute Gasteiger partial charge is 0.335 e. The van der Waals surface area contributed by atoms with Crippen LogP contribution in [-0.4, -0.2) is 28.9 Å². The van der Waals surface area contributed by atoms with Crippen LogP contribution in [0.5, 0.6) is 5.75 Å². The summed E-state index contributed by atoms with van der Waals surface area (Å²) in [6.07, 6.45) is -1.46. The van der Waals surface area contributed by atoms with Gasteiger partial charge in [0.25, 0.3) is 5.91 Å². The van der Waals surface area contributed by atoms with Gasteiger partial charge in [0.1, 0.15) is 5.75 Å². The lowest BCUT2D eigenvalue weighted by Gasteiger charge is -2.25. The van der Waals surface area contributed by atoms with Crippen LogP contribution < -0.4 is 10.1 Å². The molecule has 0 aromatic heterocycles. The zero-order valence-corrected chi connectivity index (χ0v) is 17.0. The molecular weight excluding hydrogens is 405 g/mol. The number of nitrogens with one attached hydrogen (secondary N) is 1. The lowest BCUT2D eigenvalue weighted by atomic mass is 9.87. The highest BCUT2D eigenvalue weighted by Gasteiger charge is 2.37. The van der Waals surface area contributed by atoms with Crippen LogP contribution in [0.2, 0.25) is 10.0 Å². The number of halogens is 2. The molecule has 2 aromatic carbocycles. The summed E-state index contributed by atoms with van der Waals surface area (Å²) in [5, 5.41) is 12.2. The van der Waals surface area contributed by atoms with Gasteiger partial charge in [0.05, 0.1) is 16.3 Å². The Labute approximate surface area is 172 Å². The molecule has 0 saturated carbocycles. The first-order valence-electron chi connectivity index (χ1n) is 8.29. The predicted octanol–water partition coefficient (Wildman–Crippen LogP) is 4.69. The fourth-order valence-corrected chi connectivity index (χ4v) is 2.68. The highest BCUT2D eigenvalue weighted by Crippen LogP contribution is 2.27. The summed E-state index contributed by atoms with van der Waals surface area (Å²) < 4.78 is 5.61. The molecule has 0 saturated heterocycles. The number of carboxylic acid groups (broad SMARTS) is 1. The number of anilines is 1. The molecule has 1 atom stereocenters. The van der Waals surface area contributed by atoms with Crippen LogP contribution in [0.15, 0.2) is 42.5 Å². The highest BCUT2D eigenvalue weighted by atomic mass is 35.5. The van der Waals surface area contributed by atoms with E-state index in [0.29, 0.717) is 5.02 Å². The molecule has 2 N–H and O–H groups in total. The van der Waals surface area contributed by atoms with E-state index in [1.165, 1.54) is 36.4 Å². The van der Waals surface area contributed by atoms with Crippen molar-refractivity contribution < 1.29 is 24.2 Å². The molecule has 0 bridgehead atoms. The van der Waals surface area contributed by atoms with Crippen molar-refractivity contribution in [2.45, 2.75) is 26.9 Å². The summed E-state index contributed by atoms with van der Waals surface area (Å²) in [5.41, 5.74) is -0.511. The summed E-state index contributed by atoms with van der Waals surface area (Å²) in [6, 6.07) is 9.95. The average molecular weight is 424 g/mol. The van der Waals surface area contributed by atoms with Gasteiger partial charge in [-0.1, -0.05) is 44.0 Å². The highest BCUT2D eigenvalue weighted by molar-refractivity contribution is 6.36. The van der Waals surface area contributed by atoms with Crippen LogP contribution >= 0.6 is 23.2 Å². The molecular formula is C20H19Cl2NO5. The van der Waals surface area contributed by atoms with Crippen LogP contribution in [0.3, 0.4) is 0 Å². The minimum absolute atomic E-state index is 0.0587. The zero-order valence-electron chi connectivity index (χ0n) is 15.5. The topological polar surface area (TPSA) is 92.7 Å². The van der Waals surface area contributed by atoms with Crippen molar-refractivity contribution in [3.8, 4) is 5.75 Å². The minimum Gasteiger partial charge on any atom is -0.478 e. The van der Waals surface area contributed by atoms with Crippen LogP contribution in [0.4, 0.5) is 5.69 Å². The van der Waals surface area contributed by atoms with Crippen molar-refractivity contribution in [2.75, 3.05) is 5.32 Å². The maximum Gasteiger partial charge on any atom is 0.335 e. The molecule has 0 unspecified atom stereocenters. The maximum atomic E-state index is 12.8. The fraction of sp³-hybridized carbons (Fsp3) is 0.250. The SMILES string of the molecule is CC(C)(C)C(=O)[C@H](Oc1ccc(C(=O)O)cc1)C(=O)Nc1ccc(Cl)cc1Cl. The van der Waals surface area contributed by atoms with Crippen molar-refractivity contribution in [3.05, 3.63) is 58.1 Å². The monoisotopic (exact) mass is 423 g/mol. The molecule has 2 aromatic rings. The number of carboxylic acids is 1. The third-order valence-corrected chi connectivity index (χ3v) is 4.31. The molecule has 0 aliphatic rings. The molecule has 0 aliphatic heterocycles. The van der Waals surface area contributed by atoms with Gasteiger partial charge < -0.3 is 15.2 Å². The third kappa shape index (κ3) is 5.47. The van der Waals surface area contributed by atoms with Crippen molar-refractivity contribution in [1.29, 1.82) is 0 Å². The zero-order chi connectivity index (χ0) is 21.1. The Kier molecular flexibility index (Phi) is 6.69. The number of carbonyl (C=O) groups excluding carboxylic acids is 2. The van der Waals surface area contributed by atoms with E-state index < -0.39 is 29.2 Å². The van der Waals surface area contributed by atoms with E-state index >= 15 is 0 Å². The number of hydrogen-bond donors (Lipinski definition) is 2. The van der Waals surface area contributed by atoms with Crippen molar-refractivity contribution in [3.63, 3.8) is 0 Å². The number of Topliss-reactive ketones (excluding diaryl/α,β-unsaturated/α-hetero) is 1. The Hall–Kier alpha value is -2.57. The van der Waals surface area contributed by atoms with E-state index in [2.05, 4.69) is 5.32 Å². The van der Waals surface area contributed by atoms with Crippen LogP contribution in [0.1, 0.15) is 31.1 Å². The van der Waals surface area contributed by atoms with Gasteiger partial charge in [0, 0.05) is 10.4 Å². The number of ketones is 1. The van der Waals surface area contributed by atoms with E-state index in [0.717, 1.165) is 0 Å². The quantitative estimate of drug-likeness (QED) is 0.657. The molecule has 1 amide bonds. The predicted molar refractivity (Wildman–Crippen MR) is 107 cm³/mol.